The first-order valence-corrected chi connectivity index (χ1v) is 8.68. The second kappa shape index (κ2) is 7.63. The molecule has 1 saturated heterocycles. The minimum absolute atomic E-state index is 0.0904. The predicted octanol–water partition coefficient (Wildman–Crippen LogP) is 2.84. The fourth-order valence-corrected chi connectivity index (χ4v) is 3.03. The zero-order valence-electron chi connectivity index (χ0n) is 14.5. The molecular formula is C19H15BrN2O5. The Morgan fingerprint density at radius 2 is 1.89 bits per heavy atom. The van der Waals surface area contributed by atoms with Crippen molar-refractivity contribution in [2.75, 3.05) is 12.1 Å². The molecule has 2 aromatic carbocycles. The summed E-state index contributed by atoms with van der Waals surface area (Å²) in [4.78, 5) is 36.5. The highest BCUT2D eigenvalue weighted by molar-refractivity contribution is 9.10. The van der Waals surface area contributed by atoms with Gasteiger partial charge in [-0.2, -0.15) is 0 Å². The van der Waals surface area contributed by atoms with E-state index in [0.29, 0.717) is 15.7 Å². The van der Waals surface area contributed by atoms with Crippen LogP contribution in [0.25, 0.3) is 6.08 Å². The van der Waals surface area contributed by atoms with Crippen molar-refractivity contribution < 1.29 is 23.9 Å². The number of methoxy groups -OCH3 is 1. The van der Waals surface area contributed by atoms with Crippen LogP contribution >= 0.6 is 15.9 Å². The monoisotopic (exact) mass is 430 g/mol. The SMILES string of the molecule is COc1cc(Br)cc(/C=C2\C(=O)NN(c3ccccc3)C2=O)c1OC(C)=O. The van der Waals surface area contributed by atoms with Gasteiger partial charge in [-0.25, -0.2) is 5.01 Å². The van der Waals surface area contributed by atoms with Gasteiger partial charge in [-0.05, 0) is 30.3 Å². The molecule has 3 rings (SSSR count). The van der Waals surface area contributed by atoms with Crippen molar-refractivity contribution in [1.29, 1.82) is 0 Å². The number of halogens is 1. The van der Waals surface area contributed by atoms with Crippen molar-refractivity contribution in [2.24, 2.45) is 0 Å². The van der Waals surface area contributed by atoms with Crippen molar-refractivity contribution in [1.82, 2.24) is 5.43 Å². The Morgan fingerprint density at radius 3 is 2.52 bits per heavy atom. The lowest BCUT2D eigenvalue weighted by molar-refractivity contribution is -0.132. The zero-order valence-corrected chi connectivity index (χ0v) is 16.1. The third-order valence-corrected chi connectivity index (χ3v) is 4.18. The van der Waals surface area contributed by atoms with Crippen LogP contribution in [0.5, 0.6) is 11.5 Å². The smallest absolute Gasteiger partial charge is 0.308 e. The van der Waals surface area contributed by atoms with Crippen LogP contribution in [0.15, 0.2) is 52.5 Å². The molecule has 2 aromatic rings. The number of hydrazine groups is 1. The van der Waals surface area contributed by atoms with Crippen LogP contribution in [0.4, 0.5) is 5.69 Å². The van der Waals surface area contributed by atoms with Gasteiger partial charge in [0, 0.05) is 17.0 Å². The zero-order chi connectivity index (χ0) is 19.6. The van der Waals surface area contributed by atoms with Gasteiger partial charge < -0.3 is 9.47 Å². The molecule has 0 aliphatic carbocycles. The number of amides is 2. The number of carbonyl (C=O) groups is 3. The maximum atomic E-state index is 12.7. The predicted molar refractivity (Wildman–Crippen MR) is 102 cm³/mol. The van der Waals surface area contributed by atoms with Gasteiger partial charge >= 0.3 is 5.97 Å². The van der Waals surface area contributed by atoms with Crippen LogP contribution in [-0.2, 0) is 14.4 Å². The molecule has 7 nitrogen and oxygen atoms in total. The van der Waals surface area contributed by atoms with E-state index in [1.807, 2.05) is 6.07 Å². The first-order chi connectivity index (χ1) is 12.9. The molecule has 1 aliphatic rings. The quantitative estimate of drug-likeness (QED) is 0.348. The van der Waals surface area contributed by atoms with Gasteiger partial charge in [-0.3, -0.25) is 19.8 Å². The van der Waals surface area contributed by atoms with E-state index in [9.17, 15) is 14.4 Å². The minimum Gasteiger partial charge on any atom is -0.493 e. The van der Waals surface area contributed by atoms with E-state index in [0.717, 1.165) is 5.01 Å². The van der Waals surface area contributed by atoms with Crippen LogP contribution in [0, 0.1) is 0 Å². The van der Waals surface area contributed by atoms with E-state index in [1.165, 1.54) is 20.1 Å². The van der Waals surface area contributed by atoms with Crippen LogP contribution in [-0.4, -0.2) is 24.9 Å². The molecule has 0 aromatic heterocycles. The first kappa shape index (κ1) is 18.7. The van der Waals surface area contributed by atoms with Crippen LogP contribution in [0.3, 0.4) is 0 Å². The number of anilines is 1. The number of nitrogens with one attached hydrogen (secondary N) is 1. The Labute approximate surface area is 163 Å². The number of rotatable bonds is 4. The lowest BCUT2D eigenvalue weighted by Crippen LogP contribution is -2.35. The number of para-hydroxylation sites is 1. The third kappa shape index (κ3) is 3.85. The maximum Gasteiger partial charge on any atom is 0.308 e. The Hall–Kier alpha value is -3.13. The van der Waals surface area contributed by atoms with Gasteiger partial charge in [0.15, 0.2) is 11.5 Å². The van der Waals surface area contributed by atoms with E-state index in [4.69, 9.17) is 9.47 Å². The molecule has 0 unspecified atom stereocenters. The third-order valence-electron chi connectivity index (χ3n) is 3.72. The summed E-state index contributed by atoms with van der Waals surface area (Å²) in [6.45, 7) is 1.25. The van der Waals surface area contributed by atoms with Gasteiger partial charge in [0.05, 0.1) is 12.8 Å². The Balaban J connectivity index is 2.06. The van der Waals surface area contributed by atoms with Crippen LogP contribution in [0.1, 0.15) is 12.5 Å². The molecule has 0 bridgehead atoms. The number of esters is 1. The lowest BCUT2D eigenvalue weighted by atomic mass is 10.1. The number of ether oxygens (including phenoxy) is 2. The fraction of sp³-hybridized carbons (Fsp3) is 0.105. The number of benzene rings is 2. The molecule has 0 radical (unpaired) electrons. The molecule has 0 saturated carbocycles. The minimum atomic E-state index is -0.559. The molecule has 1 fully saturated rings. The number of hydrogen-bond acceptors (Lipinski definition) is 5. The van der Waals surface area contributed by atoms with Crippen molar-refractivity contribution in [3.05, 3.63) is 58.1 Å². The van der Waals surface area contributed by atoms with Gasteiger partial charge in [0.1, 0.15) is 5.57 Å². The van der Waals surface area contributed by atoms with E-state index in [-0.39, 0.29) is 17.1 Å². The second-order valence-electron chi connectivity index (χ2n) is 5.60. The maximum absolute atomic E-state index is 12.7. The molecular weight excluding hydrogens is 416 g/mol. The molecule has 138 valence electrons. The van der Waals surface area contributed by atoms with Crippen molar-refractivity contribution in [2.45, 2.75) is 6.92 Å². The average Bonchev–Trinajstić information content (AvgIpc) is 2.92. The molecule has 1 N–H and O–H groups in total. The normalized spacial score (nSPS) is 15.1. The summed E-state index contributed by atoms with van der Waals surface area (Å²) in [5, 5.41) is 1.16. The van der Waals surface area contributed by atoms with Crippen molar-refractivity contribution in [3.8, 4) is 11.5 Å². The van der Waals surface area contributed by atoms with Crippen LogP contribution in [0.2, 0.25) is 0 Å². The fourth-order valence-electron chi connectivity index (χ4n) is 2.57. The van der Waals surface area contributed by atoms with Gasteiger partial charge in [0.25, 0.3) is 11.8 Å². The highest BCUT2D eigenvalue weighted by Gasteiger charge is 2.34. The molecule has 1 aliphatic heterocycles. The highest BCUT2D eigenvalue weighted by atomic mass is 79.9. The summed E-state index contributed by atoms with van der Waals surface area (Å²) >= 11 is 3.34. The lowest BCUT2D eigenvalue weighted by Gasteiger charge is -2.14. The van der Waals surface area contributed by atoms with Gasteiger partial charge in [-0.1, -0.05) is 34.1 Å². The van der Waals surface area contributed by atoms with Gasteiger partial charge in [0.2, 0.25) is 0 Å². The molecule has 0 atom stereocenters. The topological polar surface area (TPSA) is 84.9 Å². The largest absolute Gasteiger partial charge is 0.493 e. The Bertz CT molecular complexity index is 956. The molecule has 0 spiro atoms. The van der Waals surface area contributed by atoms with Gasteiger partial charge in [-0.15, -0.1) is 0 Å². The summed E-state index contributed by atoms with van der Waals surface area (Å²) in [5.74, 6) is -1.21. The molecule has 2 amide bonds. The summed E-state index contributed by atoms with van der Waals surface area (Å²) in [6, 6.07) is 12.0. The number of nitrogens with zero attached hydrogens (tertiary/aromatic N) is 1. The highest BCUT2D eigenvalue weighted by Crippen LogP contribution is 2.37. The number of carbonyl (C=O) groups excluding carboxylic acids is 3. The average molecular weight is 431 g/mol. The summed E-state index contributed by atoms with van der Waals surface area (Å²) in [7, 11) is 1.43. The van der Waals surface area contributed by atoms with Crippen molar-refractivity contribution in [3.63, 3.8) is 0 Å². The Kier molecular flexibility index (Phi) is 5.27. The Morgan fingerprint density at radius 1 is 1.19 bits per heavy atom. The summed E-state index contributed by atoms with van der Waals surface area (Å²) < 4.78 is 11.1. The standard InChI is InChI=1S/C19H15BrN2O5/c1-11(23)27-17-12(8-13(20)10-16(17)26-2)9-15-18(24)21-22(19(15)25)14-6-4-3-5-7-14/h3-10H,1-2H3,(H,21,24)/b15-9+. The molecule has 8 heteroatoms. The molecule has 1 heterocycles. The van der Waals surface area contributed by atoms with E-state index < -0.39 is 17.8 Å². The molecule has 27 heavy (non-hydrogen) atoms. The number of hydrogen-bond donors (Lipinski definition) is 1. The summed E-state index contributed by atoms with van der Waals surface area (Å²) in [6.07, 6.45) is 1.37. The van der Waals surface area contributed by atoms with E-state index in [1.54, 1.807) is 36.4 Å². The van der Waals surface area contributed by atoms with E-state index >= 15 is 0 Å². The van der Waals surface area contributed by atoms with Crippen LogP contribution < -0.4 is 19.9 Å². The first-order valence-electron chi connectivity index (χ1n) is 7.89. The van der Waals surface area contributed by atoms with E-state index in [2.05, 4.69) is 21.4 Å². The summed E-state index contributed by atoms with van der Waals surface area (Å²) in [5.41, 5.74) is 3.31. The van der Waals surface area contributed by atoms with Crippen molar-refractivity contribution >= 4 is 45.5 Å². The second-order valence-corrected chi connectivity index (χ2v) is 6.51.